The third-order valence-corrected chi connectivity index (χ3v) is 3.22. The number of ether oxygens (including phenoxy) is 1. The van der Waals surface area contributed by atoms with Crippen molar-refractivity contribution in [3.63, 3.8) is 0 Å². The molecule has 0 radical (unpaired) electrons. The van der Waals surface area contributed by atoms with Crippen LogP contribution in [-0.2, 0) is 6.54 Å². The smallest absolute Gasteiger partial charge is 0.140 e. The summed E-state index contributed by atoms with van der Waals surface area (Å²) in [6.45, 7) is 2.69. The first kappa shape index (κ1) is 12.9. The van der Waals surface area contributed by atoms with Crippen molar-refractivity contribution >= 4 is 21.7 Å². The molecule has 1 aromatic carbocycles. The Morgan fingerprint density at radius 1 is 1.33 bits per heavy atom. The monoisotopic (exact) mass is 306 g/mol. The van der Waals surface area contributed by atoms with Crippen LogP contribution in [0.1, 0.15) is 11.1 Å². The first-order valence-electron chi connectivity index (χ1n) is 5.68. The van der Waals surface area contributed by atoms with E-state index in [9.17, 15) is 0 Å². The molecular weight excluding hydrogens is 292 g/mol. The molecule has 94 valence electrons. The number of benzene rings is 1. The molecular formula is C14H15BrN2O. The van der Waals surface area contributed by atoms with Gasteiger partial charge in [0.05, 0.1) is 11.6 Å². The molecule has 0 aliphatic carbocycles. The van der Waals surface area contributed by atoms with Crippen molar-refractivity contribution in [3.05, 3.63) is 52.1 Å². The van der Waals surface area contributed by atoms with E-state index < -0.39 is 0 Å². The highest BCUT2D eigenvalue weighted by molar-refractivity contribution is 9.10. The standard InChI is InChI=1S/C14H15BrN2O/c1-10-7-12(15)14(16-8-10)17-9-11-5-3-4-6-13(11)18-2/h3-8H,9H2,1-2H3,(H,16,17). The Labute approximate surface area is 115 Å². The number of pyridine rings is 1. The van der Waals surface area contributed by atoms with Crippen molar-refractivity contribution in [2.45, 2.75) is 13.5 Å². The number of nitrogens with zero attached hydrogens (tertiary/aromatic N) is 1. The Bertz CT molecular complexity index is 543. The summed E-state index contributed by atoms with van der Waals surface area (Å²) >= 11 is 3.50. The van der Waals surface area contributed by atoms with Crippen LogP contribution in [0.3, 0.4) is 0 Å². The lowest BCUT2D eigenvalue weighted by Gasteiger charge is -2.11. The van der Waals surface area contributed by atoms with Gasteiger partial charge in [-0.25, -0.2) is 4.98 Å². The number of methoxy groups -OCH3 is 1. The summed E-state index contributed by atoms with van der Waals surface area (Å²) in [4.78, 5) is 4.35. The van der Waals surface area contributed by atoms with Crippen LogP contribution in [0, 0.1) is 6.92 Å². The van der Waals surface area contributed by atoms with Crippen LogP contribution in [0.5, 0.6) is 5.75 Å². The second-order valence-electron chi connectivity index (χ2n) is 4.01. The van der Waals surface area contributed by atoms with Gasteiger partial charge >= 0.3 is 0 Å². The van der Waals surface area contributed by atoms with E-state index in [0.29, 0.717) is 6.54 Å². The van der Waals surface area contributed by atoms with Gasteiger partial charge in [-0.1, -0.05) is 18.2 Å². The number of hydrogen-bond acceptors (Lipinski definition) is 3. The molecule has 0 saturated heterocycles. The number of rotatable bonds is 4. The summed E-state index contributed by atoms with van der Waals surface area (Å²) in [6, 6.07) is 9.99. The molecule has 0 aliphatic heterocycles. The molecule has 0 unspecified atom stereocenters. The van der Waals surface area contributed by atoms with Gasteiger partial charge < -0.3 is 10.1 Å². The first-order chi connectivity index (χ1) is 8.70. The van der Waals surface area contributed by atoms with E-state index in [0.717, 1.165) is 27.2 Å². The van der Waals surface area contributed by atoms with E-state index in [-0.39, 0.29) is 0 Å². The molecule has 1 heterocycles. The van der Waals surface area contributed by atoms with E-state index in [1.54, 1.807) is 7.11 Å². The maximum absolute atomic E-state index is 5.31. The topological polar surface area (TPSA) is 34.1 Å². The summed E-state index contributed by atoms with van der Waals surface area (Å²) in [5.41, 5.74) is 2.24. The highest BCUT2D eigenvalue weighted by Gasteiger charge is 2.04. The van der Waals surface area contributed by atoms with Crippen molar-refractivity contribution in [3.8, 4) is 5.75 Å². The van der Waals surface area contributed by atoms with Crippen LogP contribution in [-0.4, -0.2) is 12.1 Å². The molecule has 4 heteroatoms. The van der Waals surface area contributed by atoms with E-state index in [1.165, 1.54) is 0 Å². The van der Waals surface area contributed by atoms with Gasteiger partial charge in [-0.15, -0.1) is 0 Å². The third kappa shape index (κ3) is 3.01. The van der Waals surface area contributed by atoms with Crippen molar-refractivity contribution in [2.24, 2.45) is 0 Å². The molecule has 0 atom stereocenters. The second-order valence-corrected chi connectivity index (χ2v) is 4.86. The Morgan fingerprint density at radius 3 is 2.83 bits per heavy atom. The Morgan fingerprint density at radius 2 is 2.11 bits per heavy atom. The van der Waals surface area contributed by atoms with Crippen molar-refractivity contribution in [1.29, 1.82) is 0 Å². The average molecular weight is 307 g/mol. The average Bonchev–Trinajstić information content (AvgIpc) is 2.38. The minimum Gasteiger partial charge on any atom is -0.496 e. The first-order valence-corrected chi connectivity index (χ1v) is 6.48. The van der Waals surface area contributed by atoms with Gasteiger partial charge in [0.15, 0.2) is 0 Å². The fourth-order valence-electron chi connectivity index (χ4n) is 1.69. The Hall–Kier alpha value is -1.55. The third-order valence-electron chi connectivity index (χ3n) is 2.62. The molecule has 0 spiro atoms. The van der Waals surface area contributed by atoms with Crippen LogP contribution >= 0.6 is 15.9 Å². The van der Waals surface area contributed by atoms with Gasteiger partial charge in [0.2, 0.25) is 0 Å². The number of hydrogen-bond donors (Lipinski definition) is 1. The van der Waals surface area contributed by atoms with Crippen molar-refractivity contribution in [1.82, 2.24) is 4.98 Å². The normalized spacial score (nSPS) is 10.2. The van der Waals surface area contributed by atoms with Crippen molar-refractivity contribution in [2.75, 3.05) is 12.4 Å². The van der Waals surface area contributed by atoms with Crippen LogP contribution in [0.25, 0.3) is 0 Å². The minimum absolute atomic E-state index is 0.679. The molecule has 0 bridgehead atoms. The summed E-state index contributed by atoms with van der Waals surface area (Å²) < 4.78 is 6.28. The van der Waals surface area contributed by atoms with Gasteiger partial charge in [-0.2, -0.15) is 0 Å². The number of aromatic nitrogens is 1. The largest absolute Gasteiger partial charge is 0.496 e. The summed E-state index contributed by atoms with van der Waals surface area (Å²) in [6.07, 6.45) is 1.84. The molecule has 2 rings (SSSR count). The molecule has 3 nitrogen and oxygen atoms in total. The highest BCUT2D eigenvalue weighted by Crippen LogP contribution is 2.23. The fraction of sp³-hybridized carbons (Fsp3) is 0.214. The van der Waals surface area contributed by atoms with Crippen LogP contribution in [0.4, 0.5) is 5.82 Å². The Kier molecular flexibility index (Phi) is 4.20. The zero-order valence-electron chi connectivity index (χ0n) is 10.4. The molecule has 0 saturated carbocycles. The molecule has 2 aromatic rings. The van der Waals surface area contributed by atoms with E-state index in [4.69, 9.17) is 4.74 Å². The lowest BCUT2D eigenvalue weighted by Crippen LogP contribution is -2.03. The Balaban J connectivity index is 2.11. The van der Waals surface area contributed by atoms with Crippen LogP contribution in [0.15, 0.2) is 41.0 Å². The van der Waals surface area contributed by atoms with Gasteiger partial charge in [0.25, 0.3) is 0 Å². The molecule has 0 aliphatic rings. The number of para-hydroxylation sites is 1. The zero-order valence-corrected chi connectivity index (χ0v) is 12.0. The lowest BCUT2D eigenvalue weighted by atomic mass is 10.2. The maximum Gasteiger partial charge on any atom is 0.140 e. The fourth-order valence-corrected chi connectivity index (χ4v) is 2.30. The van der Waals surface area contributed by atoms with Gasteiger partial charge in [0.1, 0.15) is 11.6 Å². The predicted molar refractivity (Wildman–Crippen MR) is 77.0 cm³/mol. The molecule has 18 heavy (non-hydrogen) atoms. The molecule has 0 fully saturated rings. The molecule has 0 amide bonds. The minimum atomic E-state index is 0.679. The highest BCUT2D eigenvalue weighted by atomic mass is 79.9. The van der Waals surface area contributed by atoms with E-state index in [1.807, 2.05) is 43.5 Å². The lowest BCUT2D eigenvalue weighted by molar-refractivity contribution is 0.410. The predicted octanol–water partition coefficient (Wildman–Crippen LogP) is 3.77. The van der Waals surface area contributed by atoms with Gasteiger partial charge in [-0.05, 0) is 40.5 Å². The second kappa shape index (κ2) is 5.87. The quantitative estimate of drug-likeness (QED) is 0.933. The zero-order chi connectivity index (χ0) is 13.0. The summed E-state index contributed by atoms with van der Waals surface area (Å²) in [5.74, 6) is 1.72. The van der Waals surface area contributed by atoms with Crippen molar-refractivity contribution < 1.29 is 4.74 Å². The van der Waals surface area contributed by atoms with E-state index >= 15 is 0 Å². The SMILES string of the molecule is COc1ccccc1CNc1ncc(C)cc1Br. The van der Waals surface area contributed by atoms with E-state index in [2.05, 4.69) is 26.2 Å². The van der Waals surface area contributed by atoms with Gasteiger partial charge in [-0.3, -0.25) is 0 Å². The summed E-state index contributed by atoms with van der Waals surface area (Å²) in [7, 11) is 1.68. The number of nitrogens with one attached hydrogen (secondary N) is 1. The van der Waals surface area contributed by atoms with Gasteiger partial charge in [0, 0.05) is 18.3 Å². The van der Waals surface area contributed by atoms with Crippen LogP contribution in [0.2, 0.25) is 0 Å². The maximum atomic E-state index is 5.31. The molecule has 1 N–H and O–H groups in total. The van der Waals surface area contributed by atoms with Crippen LogP contribution < -0.4 is 10.1 Å². The summed E-state index contributed by atoms with van der Waals surface area (Å²) in [5, 5.41) is 3.29. The number of anilines is 1. The molecule has 1 aromatic heterocycles. The number of halogens is 1. The number of aryl methyl sites for hydroxylation is 1.